The predicted molar refractivity (Wildman–Crippen MR) is 83.0 cm³/mol. The van der Waals surface area contributed by atoms with Crippen LogP contribution in [-0.2, 0) is 12.8 Å². The molecule has 0 bridgehead atoms. The second-order valence-corrected chi connectivity index (χ2v) is 5.18. The lowest BCUT2D eigenvalue weighted by molar-refractivity contribution is 0.829. The Labute approximate surface area is 119 Å². The number of nitrogens with one attached hydrogen (secondary N) is 1. The lowest BCUT2D eigenvalue weighted by Crippen LogP contribution is -2.00. The number of rotatable bonds is 4. The fourth-order valence-corrected chi connectivity index (χ4v) is 2.38. The third-order valence-corrected chi connectivity index (χ3v) is 3.71. The zero-order valence-electron chi connectivity index (χ0n) is 11.8. The summed E-state index contributed by atoms with van der Waals surface area (Å²) in [5.41, 5.74) is 4.70. The number of benzene rings is 1. The molecular formula is C16H20N2S. The summed E-state index contributed by atoms with van der Waals surface area (Å²) in [5.74, 6) is 0.981. The van der Waals surface area contributed by atoms with Gasteiger partial charge in [-0.3, -0.25) is 0 Å². The van der Waals surface area contributed by atoms with Gasteiger partial charge in [-0.2, -0.15) is 0 Å². The van der Waals surface area contributed by atoms with E-state index in [1.54, 1.807) is 0 Å². The standard InChI is InChI=1S/C16H20N2S/c1-4-7-14-17-15(11(3)16(19)18-14)13-9-6-8-12(5-2)10-13/h6,8-10H,4-5,7H2,1-3H3,(H,17,18,19). The molecule has 0 saturated heterocycles. The summed E-state index contributed by atoms with van der Waals surface area (Å²) in [6, 6.07) is 8.61. The Bertz CT molecular complexity index is 629. The zero-order chi connectivity index (χ0) is 13.8. The Balaban J connectivity index is 2.56. The number of aryl methyl sites for hydroxylation is 2. The maximum Gasteiger partial charge on any atom is 0.133 e. The zero-order valence-corrected chi connectivity index (χ0v) is 12.6. The summed E-state index contributed by atoms with van der Waals surface area (Å²) in [5, 5.41) is 0. The van der Waals surface area contributed by atoms with E-state index in [-0.39, 0.29) is 0 Å². The van der Waals surface area contributed by atoms with E-state index >= 15 is 0 Å². The molecule has 0 unspecified atom stereocenters. The average Bonchev–Trinajstić information content (AvgIpc) is 2.43. The largest absolute Gasteiger partial charge is 0.343 e. The molecule has 0 aliphatic rings. The molecule has 100 valence electrons. The Kier molecular flexibility index (Phi) is 4.48. The van der Waals surface area contributed by atoms with Crippen LogP contribution in [0.2, 0.25) is 0 Å². The van der Waals surface area contributed by atoms with Gasteiger partial charge >= 0.3 is 0 Å². The molecule has 1 aromatic carbocycles. The smallest absolute Gasteiger partial charge is 0.133 e. The van der Waals surface area contributed by atoms with Crippen LogP contribution in [0.1, 0.15) is 37.2 Å². The SMILES string of the molecule is CCCc1nc(=S)c(C)c(-c2cccc(CC)c2)[nH]1. The normalized spacial score (nSPS) is 10.7. The van der Waals surface area contributed by atoms with Crippen molar-refractivity contribution < 1.29 is 0 Å². The Hall–Kier alpha value is -1.48. The molecule has 3 heteroatoms. The van der Waals surface area contributed by atoms with E-state index in [0.717, 1.165) is 36.3 Å². The number of H-pyrrole nitrogens is 1. The summed E-state index contributed by atoms with van der Waals surface area (Å²) in [6.07, 6.45) is 3.04. The van der Waals surface area contributed by atoms with Crippen LogP contribution in [0.4, 0.5) is 0 Å². The van der Waals surface area contributed by atoms with Gasteiger partial charge in [0.15, 0.2) is 0 Å². The van der Waals surface area contributed by atoms with Crippen molar-refractivity contribution in [3.63, 3.8) is 0 Å². The van der Waals surface area contributed by atoms with Gasteiger partial charge in [0.2, 0.25) is 0 Å². The van der Waals surface area contributed by atoms with Crippen LogP contribution in [-0.4, -0.2) is 9.97 Å². The molecule has 0 atom stereocenters. The summed E-state index contributed by atoms with van der Waals surface area (Å²) >= 11 is 5.37. The first-order chi connectivity index (χ1) is 9.15. The van der Waals surface area contributed by atoms with Crippen LogP contribution in [0.5, 0.6) is 0 Å². The van der Waals surface area contributed by atoms with E-state index < -0.39 is 0 Å². The lowest BCUT2D eigenvalue weighted by atomic mass is 10.0. The summed E-state index contributed by atoms with van der Waals surface area (Å²) in [4.78, 5) is 7.89. The first-order valence-corrected chi connectivity index (χ1v) is 7.25. The van der Waals surface area contributed by atoms with Crippen molar-refractivity contribution in [2.75, 3.05) is 0 Å². The highest BCUT2D eigenvalue weighted by molar-refractivity contribution is 7.71. The van der Waals surface area contributed by atoms with E-state index in [4.69, 9.17) is 12.2 Å². The van der Waals surface area contributed by atoms with Crippen LogP contribution < -0.4 is 0 Å². The molecule has 0 amide bonds. The van der Waals surface area contributed by atoms with Gasteiger partial charge in [0.25, 0.3) is 0 Å². The summed E-state index contributed by atoms with van der Waals surface area (Å²) in [7, 11) is 0. The van der Waals surface area contributed by atoms with Gasteiger partial charge in [-0.15, -0.1) is 0 Å². The molecule has 1 aromatic heterocycles. The highest BCUT2D eigenvalue weighted by Gasteiger charge is 2.07. The molecule has 1 heterocycles. The van der Waals surface area contributed by atoms with E-state index in [9.17, 15) is 0 Å². The Morgan fingerprint density at radius 2 is 2.05 bits per heavy atom. The first kappa shape index (κ1) is 13.9. The van der Waals surface area contributed by atoms with Crippen molar-refractivity contribution in [2.45, 2.75) is 40.0 Å². The van der Waals surface area contributed by atoms with Gasteiger partial charge in [-0.05, 0) is 37.0 Å². The molecule has 2 aromatic rings. The molecule has 0 aliphatic carbocycles. The van der Waals surface area contributed by atoms with Gasteiger partial charge in [-0.1, -0.05) is 44.3 Å². The Morgan fingerprint density at radius 3 is 2.74 bits per heavy atom. The number of aromatic amines is 1. The minimum Gasteiger partial charge on any atom is -0.343 e. The van der Waals surface area contributed by atoms with Crippen molar-refractivity contribution in [1.82, 2.24) is 9.97 Å². The number of nitrogens with zero attached hydrogens (tertiary/aromatic N) is 1. The number of hydrogen-bond donors (Lipinski definition) is 1. The fraction of sp³-hybridized carbons (Fsp3) is 0.375. The van der Waals surface area contributed by atoms with E-state index in [1.807, 2.05) is 6.92 Å². The fourth-order valence-electron chi connectivity index (χ4n) is 2.17. The molecular weight excluding hydrogens is 252 g/mol. The maximum atomic E-state index is 5.37. The number of hydrogen-bond acceptors (Lipinski definition) is 2. The topological polar surface area (TPSA) is 28.7 Å². The quantitative estimate of drug-likeness (QED) is 0.822. The third-order valence-electron chi connectivity index (χ3n) is 3.31. The van der Waals surface area contributed by atoms with Crippen molar-refractivity contribution in [1.29, 1.82) is 0 Å². The molecule has 19 heavy (non-hydrogen) atoms. The minimum absolute atomic E-state index is 0.708. The highest BCUT2D eigenvalue weighted by atomic mass is 32.1. The van der Waals surface area contributed by atoms with Gasteiger partial charge < -0.3 is 4.98 Å². The molecule has 2 nitrogen and oxygen atoms in total. The monoisotopic (exact) mass is 272 g/mol. The van der Waals surface area contributed by atoms with Gasteiger partial charge in [-0.25, -0.2) is 4.98 Å². The van der Waals surface area contributed by atoms with Crippen molar-refractivity contribution >= 4 is 12.2 Å². The minimum atomic E-state index is 0.708. The maximum absolute atomic E-state index is 5.37. The second kappa shape index (κ2) is 6.11. The van der Waals surface area contributed by atoms with E-state index in [1.165, 1.54) is 11.1 Å². The van der Waals surface area contributed by atoms with Crippen molar-refractivity contribution in [2.24, 2.45) is 0 Å². The van der Waals surface area contributed by atoms with E-state index in [0.29, 0.717) is 4.64 Å². The predicted octanol–water partition coefficient (Wildman–Crippen LogP) is 4.63. The lowest BCUT2D eigenvalue weighted by Gasteiger charge is -2.10. The molecule has 0 spiro atoms. The average molecular weight is 272 g/mol. The van der Waals surface area contributed by atoms with Crippen molar-refractivity contribution in [3.05, 3.63) is 45.9 Å². The summed E-state index contributed by atoms with van der Waals surface area (Å²) < 4.78 is 0.708. The van der Waals surface area contributed by atoms with Crippen LogP contribution >= 0.6 is 12.2 Å². The molecule has 1 N–H and O–H groups in total. The van der Waals surface area contributed by atoms with Crippen LogP contribution in [0, 0.1) is 11.6 Å². The van der Waals surface area contributed by atoms with Gasteiger partial charge in [0, 0.05) is 12.0 Å². The molecule has 0 radical (unpaired) electrons. The number of aromatic nitrogens is 2. The first-order valence-electron chi connectivity index (χ1n) is 6.84. The van der Waals surface area contributed by atoms with Gasteiger partial charge in [0.1, 0.15) is 10.5 Å². The molecule has 0 fully saturated rings. The third kappa shape index (κ3) is 3.10. The van der Waals surface area contributed by atoms with Crippen molar-refractivity contribution in [3.8, 4) is 11.3 Å². The van der Waals surface area contributed by atoms with Gasteiger partial charge in [0.05, 0.1) is 5.69 Å². The molecule has 2 rings (SSSR count). The second-order valence-electron chi connectivity index (χ2n) is 4.79. The summed E-state index contributed by atoms with van der Waals surface area (Å²) in [6.45, 7) is 6.36. The van der Waals surface area contributed by atoms with E-state index in [2.05, 4.69) is 48.1 Å². The molecule has 0 saturated carbocycles. The Morgan fingerprint density at radius 1 is 1.26 bits per heavy atom. The van der Waals surface area contributed by atoms with Crippen LogP contribution in [0.3, 0.4) is 0 Å². The molecule has 0 aliphatic heterocycles. The van der Waals surface area contributed by atoms with Crippen LogP contribution in [0.15, 0.2) is 24.3 Å². The van der Waals surface area contributed by atoms with Crippen LogP contribution in [0.25, 0.3) is 11.3 Å². The highest BCUT2D eigenvalue weighted by Crippen LogP contribution is 2.23.